The first kappa shape index (κ1) is 18.8. The average Bonchev–Trinajstić information content (AvgIpc) is 2.68. The Labute approximate surface area is 156 Å². The molecule has 1 fully saturated rings. The molecule has 1 aliphatic heterocycles. The van der Waals surface area contributed by atoms with Crippen LogP contribution in [0.2, 0.25) is 0 Å². The molecule has 0 aliphatic carbocycles. The standard InChI is InChI=1S/C20H21FN2O4/c1-26-17-7-5-14(6-8-17)11-23-18(12-27-13-19(23)24)20(25)22-10-15-3-2-4-16(21)9-15/h2-9,18H,10-13H2,1H3,(H,22,25)/t18-/m0/s1. The van der Waals surface area contributed by atoms with Gasteiger partial charge in [-0.2, -0.15) is 0 Å². The highest BCUT2D eigenvalue weighted by Gasteiger charge is 2.33. The number of amides is 2. The lowest BCUT2D eigenvalue weighted by atomic mass is 10.1. The Morgan fingerprint density at radius 3 is 2.74 bits per heavy atom. The molecule has 27 heavy (non-hydrogen) atoms. The summed E-state index contributed by atoms with van der Waals surface area (Å²) in [5.74, 6) is -0.223. The fourth-order valence-corrected chi connectivity index (χ4v) is 2.90. The van der Waals surface area contributed by atoms with Crippen molar-refractivity contribution >= 4 is 11.8 Å². The zero-order chi connectivity index (χ0) is 19.2. The van der Waals surface area contributed by atoms with Crippen LogP contribution in [-0.4, -0.2) is 43.1 Å². The molecule has 2 aromatic rings. The van der Waals surface area contributed by atoms with Crippen LogP contribution in [0.25, 0.3) is 0 Å². The molecule has 1 saturated heterocycles. The summed E-state index contributed by atoms with van der Waals surface area (Å²) in [6, 6.07) is 12.6. The van der Waals surface area contributed by atoms with Crippen LogP contribution in [0, 0.1) is 5.82 Å². The van der Waals surface area contributed by atoms with Gasteiger partial charge in [-0.1, -0.05) is 24.3 Å². The second-order valence-electron chi connectivity index (χ2n) is 6.25. The van der Waals surface area contributed by atoms with Crippen molar-refractivity contribution in [1.29, 1.82) is 0 Å². The number of carbonyl (C=O) groups is 2. The minimum atomic E-state index is -0.734. The zero-order valence-electron chi connectivity index (χ0n) is 15.0. The third kappa shape index (κ3) is 4.83. The van der Waals surface area contributed by atoms with Crippen molar-refractivity contribution in [2.45, 2.75) is 19.1 Å². The SMILES string of the molecule is COc1ccc(CN2C(=O)COC[C@H]2C(=O)NCc2cccc(F)c2)cc1. The van der Waals surface area contributed by atoms with E-state index in [2.05, 4.69) is 5.32 Å². The second-order valence-corrected chi connectivity index (χ2v) is 6.25. The number of ether oxygens (including phenoxy) is 2. The van der Waals surface area contributed by atoms with Gasteiger partial charge in [-0.15, -0.1) is 0 Å². The van der Waals surface area contributed by atoms with Gasteiger partial charge in [0, 0.05) is 13.1 Å². The maximum atomic E-state index is 13.3. The first-order valence-electron chi connectivity index (χ1n) is 8.59. The highest BCUT2D eigenvalue weighted by Crippen LogP contribution is 2.17. The molecule has 1 heterocycles. The molecule has 0 spiro atoms. The molecule has 3 rings (SSSR count). The first-order chi connectivity index (χ1) is 13.1. The first-order valence-corrected chi connectivity index (χ1v) is 8.59. The topological polar surface area (TPSA) is 67.9 Å². The van der Waals surface area contributed by atoms with Crippen molar-refractivity contribution < 1.29 is 23.5 Å². The lowest BCUT2D eigenvalue weighted by Crippen LogP contribution is -2.55. The van der Waals surface area contributed by atoms with Gasteiger partial charge in [0.2, 0.25) is 11.8 Å². The van der Waals surface area contributed by atoms with Crippen LogP contribution in [0.15, 0.2) is 48.5 Å². The van der Waals surface area contributed by atoms with E-state index in [1.54, 1.807) is 31.4 Å². The Balaban J connectivity index is 1.67. The summed E-state index contributed by atoms with van der Waals surface area (Å²) in [6.07, 6.45) is 0. The minimum Gasteiger partial charge on any atom is -0.497 e. The number of rotatable bonds is 6. The summed E-state index contributed by atoms with van der Waals surface area (Å²) >= 11 is 0. The van der Waals surface area contributed by atoms with Crippen LogP contribution in [0.1, 0.15) is 11.1 Å². The number of halogens is 1. The van der Waals surface area contributed by atoms with E-state index in [4.69, 9.17) is 9.47 Å². The van der Waals surface area contributed by atoms with Crippen molar-refractivity contribution in [3.8, 4) is 5.75 Å². The van der Waals surface area contributed by atoms with Gasteiger partial charge in [-0.25, -0.2) is 4.39 Å². The van der Waals surface area contributed by atoms with Gasteiger partial charge >= 0.3 is 0 Å². The van der Waals surface area contributed by atoms with Crippen molar-refractivity contribution in [1.82, 2.24) is 10.2 Å². The highest BCUT2D eigenvalue weighted by molar-refractivity contribution is 5.89. The molecule has 1 N–H and O–H groups in total. The van der Waals surface area contributed by atoms with Crippen molar-refractivity contribution in [3.63, 3.8) is 0 Å². The van der Waals surface area contributed by atoms with E-state index >= 15 is 0 Å². The van der Waals surface area contributed by atoms with Crippen LogP contribution in [0.5, 0.6) is 5.75 Å². The highest BCUT2D eigenvalue weighted by atomic mass is 19.1. The fourth-order valence-electron chi connectivity index (χ4n) is 2.90. The predicted molar refractivity (Wildman–Crippen MR) is 96.4 cm³/mol. The molecule has 142 valence electrons. The number of nitrogens with zero attached hydrogens (tertiary/aromatic N) is 1. The minimum absolute atomic E-state index is 0.0518. The van der Waals surface area contributed by atoms with Crippen molar-refractivity contribution in [2.24, 2.45) is 0 Å². The van der Waals surface area contributed by atoms with Gasteiger partial charge in [-0.05, 0) is 35.4 Å². The molecule has 1 aliphatic rings. The average molecular weight is 372 g/mol. The van der Waals surface area contributed by atoms with E-state index in [9.17, 15) is 14.0 Å². The normalized spacial score (nSPS) is 16.9. The van der Waals surface area contributed by atoms with Gasteiger partial charge in [0.15, 0.2) is 0 Å². The number of methoxy groups -OCH3 is 1. The molecule has 1 atom stereocenters. The summed E-state index contributed by atoms with van der Waals surface area (Å²) in [4.78, 5) is 26.4. The molecular formula is C20H21FN2O4. The smallest absolute Gasteiger partial charge is 0.249 e. The van der Waals surface area contributed by atoms with Gasteiger partial charge in [-0.3, -0.25) is 9.59 Å². The van der Waals surface area contributed by atoms with Crippen LogP contribution in [-0.2, 0) is 27.4 Å². The van der Waals surface area contributed by atoms with E-state index < -0.39 is 6.04 Å². The largest absolute Gasteiger partial charge is 0.497 e. The van der Waals surface area contributed by atoms with E-state index in [1.807, 2.05) is 12.1 Å². The Bertz CT molecular complexity index is 810. The molecule has 2 amide bonds. The van der Waals surface area contributed by atoms with Crippen LogP contribution in [0.3, 0.4) is 0 Å². The Morgan fingerprint density at radius 2 is 2.04 bits per heavy atom. The quantitative estimate of drug-likeness (QED) is 0.841. The molecule has 0 saturated carbocycles. The van der Waals surface area contributed by atoms with Gasteiger partial charge in [0.05, 0.1) is 13.7 Å². The number of hydrogen-bond acceptors (Lipinski definition) is 4. The second kappa shape index (κ2) is 8.64. The number of morpholine rings is 1. The van der Waals surface area contributed by atoms with Gasteiger partial charge in [0.25, 0.3) is 0 Å². The molecule has 0 aromatic heterocycles. The maximum absolute atomic E-state index is 13.3. The number of benzene rings is 2. The van der Waals surface area contributed by atoms with E-state index in [0.717, 1.165) is 11.3 Å². The summed E-state index contributed by atoms with van der Waals surface area (Å²) in [5, 5.41) is 2.75. The summed E-state index contributed by atoms with van der Waals surface area (Å²) in [6.45, 7) is 0.544. The summed E-state index contributed by atoms with van der Waals surface area (Å²) in [7, 11) is 1.58. The monoisotopic (exact) mass is 372 g/mol. The number of carbonyl (C=O) groups excluding carboxylic acids is 2. The summed E-state index contributed by atoms with van der Waals surface area (Å²) < 4.78 is 23.7. The Hall–Kier alpha value is -2.93. The third-order valence-corrected chi connectivity index (χ3v) is 4.37. The lowest BCUT2D eigenvalue weighted by molar-refractivity contribution is -0.155. The van der Waals surface area contributed by atoms with Crippen molar-refractivity contribution in [2.75, 3.05) is 20.3 Å². The van der Waals surface area contributed by atoms with Crippen LogP contribution >= 0.6 is 0 Å². The number of nitrogens with one attached hydrogen (secondary N) is 1. The molecular weight excluding hydrogens is 351 g/mol. The molecule has 6 nitrogen and oxygen atoms in total. The Morgan fingerprint density at radius 1 is 1.26 bits per heavy atom. The van der Waals surface area contributed by atoms with E-state index in [0.29, 0.717) is 12.1 Å². The summed E-state index contributed by atoms with van der Waals surface area (Å²) in [5.41, 5.74) is 1.53. The van der Waals surface area contributed by atoms with E-state index in [1.165, 1.54) is 17.0 Å². The van der Waals surface area contributed by atoms with Crippen molar-refractivity contribution in [3.05, 3.63) is 65.5 Å². The predicted octanol–water partition coefficient (Wildman–Crippen LogP) is 1.88. The maximum Gasteiger partial charge on any atom is 0.249 e. The van der Waals surface area contributed by atoms with Crippen LogP contribution in [0.4, 0.5) is 4.39 Å². The molecule has 0 unspecified atom stereocenters. The molecule has 2 aromatic carbocycles. The van der Waals surface area contributed by atoms with Gasteiger partial charge in [0.1, 0.15) is 24.2 Å². The molecule has 0 radical (unpaired) electrons. The van der Waals surface area contributed by atoms with Crippen LogP contribution < -0.4 is 10.1 Å². The van der Waals surface area contributed by atoms with E-state index in [-0.39, 0.29) is 37.4 Å². The Kier molecular flexibility index (Phi) is 6.03. The zero-order valence-corrected chi connectivity index (χ0v) is 15.0. The molecule has 0 bridgehead atoms. The number of hydrogen-bond donors (Lipinski definition) is 1. The molecule has 7 heteroatoms. The lowest BCUT2D eigenvalue weighted by Gasteiger charge is -2.34. The van der Waals surface area contributed by atoms with Gasteiger partial charge < -0.3 is 19.7 Å². The third-order valence-electron chi connectivity index (χ3n) is 4.37. The fraction of sp³-hybridized carbons (Fsp3) is 0.300.